The van der Waals surface area contributed by atoms with Gasteiger partial charge in [-0.2, -0.15) is 5.10 Å². The molecular weight excluding hydrogens is 366 g/mol. The Morgan fingerprint density at radius 3 is 2.46 bits per heavy atom. The molecule has 0 amide bonds. The first-order valence-electron chi connectivity index (χ1n) is 9.09. The van der Waals surface area contributed by atoms with Crippen molar-refractivity contribution in [3.05, 3.63) is 94.3 Å². The molecule has 0 saturated carbocycles. The first-order valence-corrected chi connectivity index (χ1v) is 9.91. The lowest BCUT2D eigenvalue weighted by molar-refractivity contribution is 0.306. The third-order valence-electron chi connectivity index (χ3n) is 4.47. The van der Waals surface area contributed by atoms with Gasteiger partial charge in [-0.3, -0.25) is 0 Å². The molecule has 0 N–H and O–H groups in total. The van der Waals surface area contributed by atoms with E-state index < -0.39 is 0 Å². The third-order valence-corrected chi connectivity index (χ3v) is 5.57. The molecule has 0 fully saturated rings. The van der Waals surface area contributed by atoms with Crippen molar-refractivity contribution in [3.63, 3.8) is 0 Å². The zero-order valence-electron chi connectivity index (χ0n) is 15.9. The zero-order valence-corrected chi connectivity index (χ0v) is 16.7. The normalized spacial score (nSPS) is 12.1. The molecule has 0 aliphatic heterocycles. The molecule has 0 unspecified atom stereocenters. The van der Waals surface area contributed by atoms with Crippen LogP contribution in [0.5, 0.6) is 5.75 Å². The molecule has 0 spiro atoms. The highest BCUT2D eigenvalue weighted by Gasteiger charge is 2.00. The van der Waals surface area contributed by atoms with Crippen LogP contribution in [0.25, 0.3) is 10.2 Å². The minimum Gasteiger partial charge on any atom is -0.489 e. The van der Waals surface area contributed by atoms with Gasteiger partial charge in [-0.25, -0.2) is 0 Å². The van der Waals surface area contributed by atoms with Crippen LogP contribution >= 0.6 is 11.3 Å². The van der Waals surface area contributed by atoms with Crippen LogP contribution in [0.1, 0.15) is 16.7 Å². The fourth-order valence-corrected chi connectivity index (χ4v) is 3.80. The number of benzene rings is 3. The van der Waals surface area contributed by atoms with E-state index in [4.69, 9.17) is 4.74 Å². The maximum Gasteiger partial charge on any atom is 0.211 e. The second-order valence-electron chi connectivity index (χ2n) is 6.60. The predicted molar refractivity (Wildman–Crippen MR) is 116 cm³/mol. The summed E-state index contributed by atoms with van der Waals surface area (Å²) in [6, 6.07) is 24.5. The number of aromatic nitrogens is 1. The van der Waals surface area contributed by atoms with E-state index in [9.17, 15) is 0 Å². The summed E-state index contributed by atoms with van der Waals surface area (Å²) in [6.45, 7) is 2.64. The minimum absolute atomic E-state index is 0.561. The van der Waals surface area contributed by atoms with Gasteiger partial charge in [0.2, 0.25) is 4.80 Å². The topological polar surface area (TPSA) is 38.9 Å². The monoisotopic (exact) mass is 387 g/mol. The lowest BCUT2D eigenvalue weighted by atomic mass is 10.2. The standard InChI is InChI=1S/C23H21N3OS/c1-17-7-9-19(10-8-17)16-27-20-13-11-18(12-14-20)15-24-25-23-26(2)21-5-3-4-6-22(21)28-23/h3-15H,16H2,1-2H3/b24-15-,25-23-. The maximum absolute atomic E-state index is 5.84. The van der Waals surface area contributed by atoms with Crippen LogP contribution < -0.4 is 9.54 Å². The van der Waals surface area contributed by atoms with Crippen molar-refractivity contribution in [2.45, 2.75) is 13.5 Å². The molecule has 0 aliphatic rings. The van der Waals surface area contributed by atoms with Gasteiger partial charge in [0.05, 0.1) is 16.4 Å². The largest absolute Gasteiger partial charge is 0.489 e. The Kier molecular flexibility index (Phi) is 5.35. The summed E-state index contributed by atoms with van der Waals surface area (Å²) in [7, 11) is 2.01. The fraction of sp³-hybridized carbons (Fsp3) is 0.130. The van der Waals surface area contributed by atoms with Gasteiger partial charge in [0.15, 0.2) is 0 Å². The quantitative estimate of drug-likeness (QED) is 0.348. The van der Waals surface area contributed by atoms with E-state index in [1.807, 2.05) is 43.4 Å². The number of nitrogens with zero attached hydrogens (tertiary/aromatic N) is 3. The van der Waals surface area contributed by atoms with Crippen molar-refractivity contribution in [2.24, 2.45) is 17.3 Å². The third kappa shape index (κ3) is 4.21. The Morgan fingerprint density at radius 2 is 1.71 bits per heavy atom. The van der Waals surface area contributed by atoms with Crippen LogP contribution in [-0.2, 0) is 13.7 Å². The second kappa shape index (κ2) is 8.23. The Bertz CT molecular complexity index is 1170. The van der Waals surface area contributed by atoms with Crippen LogP contribution in [-0.4, -0.2) is 10.8 Å². The molecule has 1 heterocycles. The van der Waals surface area contributed by atoms with E-state index >= 15 is 0 Å². The average molecular weight is 388 g/mol. The first kappa shape index (κ1) is 18.2. The number of fused-ring (bicyclic) bond motifs is 1. The van der Waals surface area contributed by atoms with E-state index in [1.165, 1.54) is 10.3 Å². The van der Waals surface area contributed by atoms with Crippen LogP contribution in [0.2, 0.25) is 0 Å². The van der Waals surface area contributed by atoms with Gasteiger partial charge in [-0.15, -0.1) is 5.10 Å². The highest BCUT2D eigenvalue weighted by Crippen LogP contribution is 2.16. The van der Waals surface area contributed by atoms with Gasteiger partial charge in [0.1, 0.15) is 12.4 Å². The van der Waals surface area contributed by atoms with E-state index in [0.717, 1.165) is 27.2 Å². The molecule has 140 valence electrons. The summed E-state index contributed by atoms with van der Waals surface area (Å²) in [5, 5.41) is 8.61. The zero-order chi connectivity index (χ0) is 19.3. The van der Waals surface area contributed by atoms with E-state index in [-0.39, 0.29) is 0 Å². The molecule has 4 rings (SSSR count). The average Bonchev–Trinajstić information content (AvgIpc) is 3.04. The number of hydrogen-bond acceptors (Lipinski definition) is 4. The molecule has 4 aromatic rings. The molecule has 1 aromatic heterocycles. The number of rotatable bonds is 5. The van der Waals surface area contributed by atoms with Crippen molar-refractivity contribution >= 4 is 27.8 Å². The summed E-state index contributed by atoms with van der Waals surface area (Å²) in [5.41, 5.74) is 4.56. The molecule has 5 heteroatoms. The maximum atomic E-state index is 5.84. The van der Waals surface area contributed by atoms with Gasteiger partial charge in [-0.05, 0) is 54.4 Å². The molecule has 0 bridgehead atoms. The molecule has 0 radical (unpaired) electrons. The molecule has 3 aromatic carbocycles. The first-order chi connectivity index (χ1) is 13.7. The van der Waals surface area contributed by atoms with E-state index in [1.54, 1.807) is 17.6 Å². The molecule has 28 heavy (non-hydrogen) atoms. The van der Waals surface area contributed by atoms with Gasteiger partial charge in [-0.1, -0.05) is 53.3 Å². The lowest BCUT2D eigenvalue weighted by Gasteiger charge is -2.06. The minimum atomic E-state index is 0.561. The van der Waals surface area contributed by atoms with Gasteiger partial charge < -0.3 is 9.30 Å². The summed E-state index contributed by atoms with van der Waals surface area (Å²) in [6.07, 6.45) is 1.76. The van der Waals surface area contributed by atoms with Crippen LogP contribution in [0.15, 0.2) is 83.0 Å². The van der Waals surface area contributed by atoms with Gasteiger partial charge in [0.25, 0.3) is 0 Å². The van der Waals surface area contributed by atoms with Crippen LogP contribution in [0.4, 0.5) is 0 Å². The summed E-state index contributed by atoms with van der Waals surface area (Å²) in [5.74, 6) is 0.838. The van der Waals surface area contributed by atoms with Gasteiger partial charge >= 0.3 is 0 Å². The number of aryl methyl sites for hydroxylation is 2. The SMILES string of the molecule is Cc1ccc(COc2ccc(/C=N\N=c3/sc4ccccc4n3C)cc2)cc1. The highest BCUT2D eigenvalue weighted by atomic mass is 32.1. The smallest absolute Gasteiger partial charge is 0.211 e. The van der Waals surface area contributed by atoms with Crippen molar-refractivity contribution in [1.29, 1.82) is 0 Å². The Hall–Kier alpha value is -3.18. The summed E-state index contributed by atoms with van der Waals surface area (Å²) >= 11 is 1.63. The summed E-state index contributed by atoms with van der Waals surface area (Å²) < 4.78 is 9.10. The predicted octanol–water partition coefficient (Wildman–Crippen LogP) is 5.06. The number of hydrogen-bond donors (Lipinski definition) is 0. The van der Waals surface area contributed by atoms with E-state index in [2.05, 4.69) is 58.1 Å². The number of ether oxygens (including phenoxy) is 1. The van der Waals surface area contributed by atoms with Crippen molar-refractivity contribution in [3.8, 4) is 5.75 Å². The molecule has 4 nitrogen and oxygen atoms in total. The highest BCUT2D eigenvalue weighted by molar-refractivity contribution is 7.16. The molecular formula is C23H21N3OS. The molecule has 0 atom stereocenters. The van der Waals surface area contributed by atoms with Gasteiger partial charge in [0, 0.05) is 7.05 Å². The number of para-hydroxylation sites is 1. The Morgan fingerprint density at radius 1 is 0.964 bits per heavy atom. The fourth-order valence-electron chi connectivity index (χ4n) is 2.82. The lowest BCUT2D eigenvalue weighted by Crippen LogP contribution is -2.08. The second-order valence-corrected chi connectivity index (χ2v) is 7.61. The van der Waals surface area contributed by atoms with E-state index in [0.29, 0.717) is 6.61 Å². The van der Waals surface area contributed by atoms with Crippen molar-refractivity contribution < 1.29 is 4.74 Å². The number of thiazole rings is 1. The van der Waals surface area contributed by atoms with Crippen molar-refractivity contribution in [1.82, 2.24) is 4.57 Å². The van der Waals surface area contributed by atoms with Crippen LogP contribution in [0, 0.1) is 6.92 Å². The summed E-state index contributed by atoms with van der Waals surface area (Å²) in [4.78, 5) is 0.871. The van der Waals surface area contributed by atoms with Crippen molar-refractivity contribution in [2.75, 3.05) is 0 Å². The van der Waals surface area contributed by atoms with Crippen LogP contribution in [0.3, 0.4) is 0 Å². The Labute approximate surface area is 168 Å². The molecule has 0 saturated heterocycles. The molecule has 0 aliphatic carbocycles. The Balaban J connectivity index is 1.42.